The Labute approximate surface area is 94.4 Å². The molecule has 0 bridgehead atoms. The fourth-order valence-electron chi connectivity index (χ4n) is 2.31. The van der Waals surface area contributed by atoms with E-state index in [1.54, 1.807) is 11.8 Å². The number of hydrogen-bond donors (Lipinski definition) is 1. The third-order valence-electron chi connectivity index (χ3n) is 3.36. The lowest BCUT2D eigenvalue weighted by molar-refractivity contribution is -0.145. The zero-order valence-corrected chi connectivity index (χ0v) is 9.75. The summed E-state index contributed by atoms with van der Waals surface area (Å²) in [6.07, 6.45) is 1.28. The van der Waals surface area contributed by atoms with Gasteiger partial charge in [0.2, 0.25) is 5.92 Å². The molecule has 0 amide bonds. The Balaban J connectivity index is 2.51. The van der Waals surface area contributed by atoms with Gasteiger partial charge in [-0.3, -0.25) is 9.69 Å². The van der Waals surface area contributed by atoms with Gasteiger partial charge in [-0.05, 0) is 39.3 Å². The van der Waals surface area contributed by atoms with E-state index in [1.807, 2.05) is 0 Å². The molecule has 0 aromatic rings. The number of piperidine rings is 1. The van der Waals surface area contributed by atoms with Gasteiger partial charge in [-0.15, -0.1) is 0 Å². The quantitative estimate of drug-likeness (QED) is 0.812. The molecule has 3 nitrogen and oxygen atoms in total. The molecular weight excluding hydrogens is 216 g/mol. The highest BCUT2D eigenvalue weighted by atomic mass is 19.3. The predicted molar refractivity (Wildman–Crippen MR) is 56.6 cm³/mol. The minimum atomic E-state index is -2.64. The Kier molecular flexibility index (Phi) is 4.24. The molecule has 0 spiro atoms. The van der Waals surface area contributed by atoms with Gasteiger partial charge in [0.15, 0.2) is 0 Å². The molecule has 1 aliphatic heterocycles. The van der Waals surface area contributed by atoms with Crippen LogP contribution in [0.15, 0.2) is 0 Å². The second kappa shape index (κ2) is 5.08. The van der Waals surface area contributed by atoms with Crippen molar-refractivity contribution in [2.24, 2.45) is 5.92 Å². The monoisotopic (exact) mass is 235 g/mol. The summed E-state index contributed by atoms with van der Waals surface area (Å²) in [7, 11) is 0. The van der Waals surface area contributed by atoms with Crippen LogP contribution in [-0.4, -0.2) is 41.0 Å². The number of hydrogen-bond acceptors (Lipinski definition) is 2. The van der Waals surface area contributed by atoms with Crippen molar-refractivity contribution in [2.45, 2.75) is 45.1 Å². The molecule has 94 valence electrons. The summed E-state index contributed by atoms with van der Waals surface area (Å²) in [6, 6.07) is -0.522. The van der Waals surface area contributed by atoms with Gasteiger partial charge < -0.3 is 5.11 Å². The van der Waals surface area contributed by atoms with Crippen LogP contribution >= 0.6 is 0 Å². The van der Waals surface area contributed by atoms with Crippen LogP contribution in [0.3, 0.4) is 0 Å². The topological polar surface area (TPSA) is 40.5 Å². The van der Waals surface area contributed by atoms with Gasteiger partial charge in [-0.25, -0.2) is 8.78 Å². The van der Waals surface area contributed by atoms with Crippen LogP contribution in [0.25, 0.3) is 0 Å². The molecule has 0 unspecified atom stereocenters. The van der Waals surface area contributed by atoms with Gasteiger partial charge >= 0.3 is 5.97 Å². The van der Waals surface area contributed by atoms with Crippen molar-refractivity contribution in [1.29, 1.82) is 0 Å². The molecule has 1 fully saturated rings. The molecule has 0 aromatic carbocycles. The summed E-state index contributed by atoms with van der Waals surface area (Å²) in [5, 5.41) is 8.96. The molecule has 1 atom stereocenters. The van der Waals surface area contributed by atoms with E-state index in [0.717, 1.165) is 6.92 Å². The number of carboxylic acids is 1. The zero-order valence-electron chi connectivity index (χ0n) is 9.75. The van der Waals surface area contributed by atoms with E-state index in [-0.39, 0.29) is 0 Å². The van der Waals surface area contributed by atoms with Gasteiger partial charge in [0.1, 0.15) is 6.04 Å². The van der Waals surface area contributed by atoms with Crippen LogP contribution in [0.1, 0.15) is 33.1 Å². The standard InChI is InChI=1S/C11H19F2NO2/c1-3-9(10(15)16)14-6-4-8(5-7-14)11(2,12)13/h8-9H,3-7H2,1-2H3,(H,15,16)/t9-/m0/s1. The smallest absolute Gasteiger partial charge is 0.320 e. The zero-order chi connectivity index (χ0) is 12.3. The molecule has 5 heteroatoms. The summed E-state index contributed by atoms with van der Waals surface area (Å²) in [5.41, 5.74) is 0. The highest BCUT2D eigenvalue weighted by Crippen LogP contribution is 2.33. The molecule has 0 radical (unpaired) electrons. The first-order valence-corrected chi connectivity index (χ1v) is 5.71. The van der Waals surface area contributed by atoms with Crippen molar-refractivity contribution < 1.29 is 18.7 Å². The lowest BCUT2D eigenvalue weighted by Crippen LogP contribution is -2.47. The molecule has 1 N–H and O–H groups in total. The Bertz CT molecular complexity index is 245. The third kappa shape index (κ3) is 3.14. The van der Waals surface area contributed by atoms with Gasteiger partial charge in [0, 0.05) is 5.92 Å². The van der Waals surface area contributed by atoms with E-state index >= 15 is 0 Å². The Morgan fingerprint density at radius 2 is 2.00 bits per heavy atom. The van der Waals surface area contributed by atoms with E-state index in [9.17, 15) is 13.6 Å². The maximum atomic E-state index is 13.0. The van der Waals surface area contributed by atoms with E-state index in [2.05, 4.69) is 0 Å². The van der Waals surface area contributed by atoms with Crippen molar-refractivity contribution in [3.05, 3.63) is 0 Å². The first-order chi connectivity index (χ1) is 7.36. The molecule has 1 saturated heterocycles. The van der Waals surface area contributed by atoms with Crippen LogP contribution < -0.4 is 0 Å². The number of carboxylic acid groups (broad SMARTS) is 1. The van der Waals surface area contributed by atoms with Crippen LogP contribution in [0.4, 0.5) is 8.78 Å². The number of halogens is 2. The van der Waals surface area contributed by atoms with Gasteiger partial charge in [0.25, 0.3) is 0 Å². The van der Waals surface area contributed by atoms with Crippen molar-refractivity contribution in [1.82, 2.24) is 4.90 Å². The SMILES string of the molecule is CC[C@@H](C(=O)O)N1CCC(C(C)(F)F)CC1. The Morgan fingerprint density at radius 3 is 2.31 bits per heavy atom. The number of likely N-dealkylation sites (tertiary alicyclic amines) is 1. The van der Waals surface area contributed by atoms with Crippen LogP contribution in [0.2, 0.25) is 0 Å². The highest BCUT2D eigenvalue weighted by molar-refractivity contribution is 5.73. The molecular formula is C11H19F2NO2. The van der Waals surface area contributed by atoms with Crippen molar-refractivity contribution >= 4 is 5.97 Å². The summed E-state index contributed by atoms with van der Waals surface area (Å²) in [6.45, 7) is 3.67. The number of rotatable bonds is 4. The van der Waals surface area contributed by atoms with E-state index in [0.29, 0.717) is 32.4 Å². The Hall–Kier alpha value is -0.710. The van der Waals surface area contributed by atoms with Crippen LogP contribution in [-0.2, 0) is 4.79 Å². The summed E-state index contributed by atoms with van der Waals surface area (Å²) < 4.78 is 26.1. The molecule has 0 aliphatic carbocycles. The van der Waals surface area contributed by atoms with Crippen LogP contribution in [0, 0.1) is 5.92 Å². The average Bonchev–Trinajstić information content (AvgIpc) is 2.17. The van der Waals surface area contributed by atoms with Gasteiger partial charge in [-0.2, -0.15) is 0 Å². The fraction of sp³-hybridized carbons (Fsp3) is 0.909. The summed E-state index contributed by atoms with van der Waals surface area (Å²) >= 11 is 0. The first kappa shape index (κ1) is 13.4. The second-order valence-electron chi connectivity index (χ2n) is 4.53. The van der Waals surface area contributed by atoms with Crippen molar-refractivity contribution in [3.8, 4) is 0 Å². The van der Waals surface area contributed by atoms with Gasteiger partial charge in [-0.1, -0.05) is 6.92 Å². The number of alkyl halides is 2. The van der Waals surface area contributed by atoms with Gasteiger partial charge in [0.05, 0.1) is 0 Å². The first-order valence-electron chi connectivity index (χ1n) is 5.71. The number of carbonyl (C=O) groups is 1. The van der Waals surface area contributed by atoms with Crippen molar-refractivity contribution in [2.75, 3.05) is 13.1 Å². The number of aliphatic carboxylic acids is 1. The minimum absolute atomic E-state index is 0.382. The average molecular weight is 235 g/mol. The maximum Gasteiger partial charge on any atom is 0.320 e. The maximum absolute atomic E-state index is 13.0. The van der Waals surface area contributed by atoms with E-state index in [4.69, 9.17) is 5.11 Å². The third-order valence-corrected chi connectivity index (χ3v) is 3.36. The lowest BCUT2D eigenvalue weighted by atomic mass is 9.90. The summed E-state index contributed by atoms with van der Waals surface area (Å²) in [4.78, 5) is 12.7. The van der Waals surface area contributed by atoms with Crippen molar-refractivity contribution in [3.63, 3.8) is 0 Å². The summed E-state index contributed by atoms with van der Waals surface area (Å²) in [5.74, 6) is -4.10. The lowest BCUT2D eigenvalue weighted by Gasteiger charge is -2.37. The van der Waals surface area contributed by atoms with Crippen LogP contribution in [0.5, 0.6) is 0 Å². The van der Waals surface area contributed by atoms with E-state index in [1.165, 1.54) is 0 Å². The molecule has 0 aromatic heterocycles. The molecule has 16 heavy (non-hydrogen) atoms. The largest absolute Gasteiger partial charge is 0.480 e. The van der Waals surface area contributed by atoms with E-state index < -0.39 is 23.9 Å². The predicted octanol–water partition coefficient (Wildman–Crippen LogP) is 2.22. The number of nitrogens with zero attached hydrogens (tertiary/aromatic N) is 1. The minimum Gasteiger partial charge on any atom is -0.480 e. The fourth-order valence-corrected chi connectivity index (χ4v) is 2.31. The molecule has 1 heterocycles. The second-order valence-corrected chi connectivity index (χ2v) is 4.53. The highest BCUT2D eigenvalue weighted by Gasteiger charge is 2.38. The Morgan fingerprint density at radius 1 is 1.50 bits per heavy atom. The molecule has 1 rings (SSSR count). The molecule has 1 aliphatic rings. The normalized spacial score (nSPS) is 22.0. The molecule has 0 saturated carbocycles.